The molecule has 0 fully saturated rings. The Kier molecular flexibility index (Phi) is 4.74. The molecule has 0 radical (unpaired) electrons. The molecule has 0 aliphatic heterocycles. The Hall–Kier alpha value is -2.83. The summed E-state index contributed by atoms with van der Waals surface area (Å²) in [6.07, 6.45) is 1.48. The molecule has 3 rings (SSSR count). The summed E-state index contributed by atoms with van der Waals surface area (Å²) in [6, 6.07) is 4.82. The van der Waals surface area contributed by atoms with Crippen molar-refractivity contribution in [2.45, 2.75) is 33.9 Å². The van der Waals surface area contributed by atoms with Crippen LogP contribution in [0.1, 0.15) is 31.1 Å². The Labute approximate surface area is 144 Å². The molecule has 2 heterocycles. The summed E-state index contributed by atoms with van der Waals surface area (Å²) in [7, 11) is 0. The third-order valence-electron chi connectivity index (χ3n) is 3.75. The van der Waals surface area contributed by atoms with E-state index < -0.39 is 5.82 Å². The Morgan fingerprint density at radius 1 is 1.40 bits per heavy atom. The van der Waals surface area contributed by atoms with Gasteiger partial charge < -0.3 is 19.5 Å². The van der Waals surface area contributed by atoms with E-state index in [1.807, 2.05) is 19.9 Å². The first-order valence-corrected chi connectivity index (χ1v) is 8.05. The molecule has 0 bridgehead atoms. The summed E-state index contributed by atoms with van der Waals surface area (Å²) < 4.78 is 24.8. The smallest absolute Gasteiger partial charge is 0.222 e. The number of hydrogen-bond acceptors (Lipinski definition) is 4. The molecule has 1 amide bonds. The highest BCUT2D eigenvalue weighted by molar-refractivity contribution is 5.82. The number of fused-ring (bicyclic) bond motifs is 1. The fourth-order valence-electron chi connectivity index (χ4n) is 2.41. The van der Waals surface area contributed by atoms with Crippen LogP contribution in [0.25, 0.3) is 10.9 Å². The van der Waals surface area contributed by atoms with E-state index in [0.717, 1.165) is 16.6 Å². The van der Waals surface area contributed by atoms with E-state index in [9.17, 15) is 9.18 Å². The molecular formula is C18H20FN3O3. The molecule has 25 heavy (non-hydrogen) atoms. The van der Waals surface area contributed by atoms with Crippen molar-refractivity contribution in [3.05, 3.63) is 47.6 Å². The van der Waals surface area contributed by atoms with Crippen molar-refractivity contribution in [2.24, 2.45) is 5.92 Å². The summed E-state index contributed by atoms with van der Waals surface area (Å²) in [5.41, 5.74) is 2.13. The van der Waals surface area contributed by atoms with E-state index in [1.165, 1.54) is 12.3 Å². The molecule has 1 aromatic carbocycles. The monoisotopic (exact) mass is 345 g/mol. The normalized spacial score (nSPS) is 11.2. The average molecular weight is 345 g/mol. The second-order valence-corrected chi connectivity index (χ2v) is 6.18. The minimum Gasteiger partial charge on any atom is -0.484 e. The molecule has 0 aliphatic carbocycles. The number of halogens is 1. The van der Waals surface area contributed by atoms with Gasteiger partial charge in [0.25, 0.3) is 0 Å². The van der Waals surface area contributed by atoms with Gasteiger partial charge in [-0.2, -0.15) is 0 Å². The van der Waals surface area contributed by atoms with Crippen molar-refractivity contribution in [3.63, 3.8) is 0 Å². The molecule has 0 saturated carbocycles. The van der Waals surface area contributed by atoms with Gasteiger partial charge in [-0.15, -0.1) is 0 Å². The van der Waals surface area contributed by atoms with Gasteiger partial charge in [0.2, 0.25) is 5.91 Å². The van der Waals surface area contributed by atoms with Crippen LogP contribution in [0.2, 0.25) is 0 Å². The topological polar surface area (TPSA) is 80.1 Å². The van der Waals surface area contributed by atoms with Crippen LogP contribution >= 0.6 is 0 Å². The van der Waals surface area contributed by atoms with Crippen molar-refractivity contribution in [1.29, 1.82) is 0 Å². The Bertz CT molecular complexity index is 898. The van der Waals surface area contributed by atoms with E-state index in [2.05, 4.69) is 15.3 Å². The van der Waals surface area contributed by atoms with Gasteiger partial charge in [0.15, 0.2) is 17.5 Å². The molecule has 6 nitrogen and oxygen atoms in total. The number of ether oxygens (including phenoxy) is 1. The zero-order valence-corrected chi connectivity index (χ0v) is 14.4. The van der Waals surface area contributed by atoms with E-state index in [-0.39, 0.29) is 24.2 Å². The van der Waals surface area contributed by atoms with Crippen LogP contribution in [0.4, 0.5) is 4.39 Å². The molecule has 3 aromatic rings. The molecule has 7 heteroatoms. The fraction of sp³-hybridized carbons (Fsp3) is 0.333. The highest BCUT2D eigenvalue weighted by Gasteiger charge is 2.11. The predicted octanol–water partition coefficient (Wildman–Crippen LogP) is 3.45. The lowest BCUT2D eigenvalue weighted by Gasteiger charge is -2.06. The number of aryl methyl sites for hydroxylation is 1. The van der Waals surface area contributed by atoms with Crippen molar-refractivity contribution in [2.75, 3.05) is 0 Å². The van der Waals surface area contributed by atoms with Gasteiger partial charge in [0.1, 0.15) is 18.6 Å². The first kappa shape index (κ1) is 17.0. The standard InChI is InChI=1S/C18H20FN3O3/c1-10(2)18(23)20-7-13-4-12-5-15(19)17(6-16(12)22-13)25-9-14-8-24-11(3)21-14/h4-6,8,10,22H,7,9H2,1-3H3,(H,20,23). The van der Waals surface area contributed by atoms with Gasteiger partial charge in [0, 0.05) is 35.5 Å². The second kappa shape index (κ2) is 6.96. The number of carbonyl (C=O) groups excluding carboxylic acids is 1. The number of aromatic amines is 1. The molecule has 0 saturated heterocycles. The van der Waals surface area contributed by atoms with Crippen molar-refractivity contribution in [1.82, 2.24) is 15.3 Å². The molecule has 0 aliphatic rings. The highest BCUT2D eigenvalue weighted by atomic mass is 19.1. The Morgan fingerprint density at radius 3 is 2.88 bits per heavy atom. The lowest BCUT2D eigenvalue weighted by molar-refractivity contribution is -0.124. The molecule has 0 unspecified atom stereocenters. The lowest BCUT2D eigenvalue weighted by Crippen LogP contribution is -2.27. The van der Waals surface area contributed by atoms with Gasteiger partial charge in [-0.25, -0.2) is 9.37 Å². The number of benzene rings is 1. The molecule has 0 spiro atoms. The molecule has 2 aromatic heterocycles. The van der Waals surface area contributed by atoms with Crippen LogP contribution in [-0.2, 0) is 17.9 Å². The molecule has 2 N–H and O–H groups in total. The Morgan fingerprint density at radius 2 is 2.20 bits per heavy atom. The van der Waals surface area contributed by atoms with Gasteiger partial charge >= 0.3 is 0 Å². The van der Waals surface area contributed by atoms with Gasteiger partial charge in [-0.3, -0.25) is 4.79 Å². The fourth-order valence-corrected chi connectivity index (χ4v) is 2.41. The highest BCUT2D eigenvalue weighted by Crippen LogP contribution is 2.26. The third kappa shape index (κ3) is 3.99. The minimum atomic E-state index is -0.454. The first-order chi connectivity index (χ1) is 11.9. The summed E-state index contributed by atoms with van der Waals surface area (Å²) in [5.74, 6) is 0.1000. The first-order valence-electron chi connectivity index (χ1n) is 8.05. The summed E-state index contributed by atoms with van der Waals surface area (Å²) >= 11 is 0. The van der Waals surface area contributed by atoms with Crippen LogP contribution in [0.3, 0.4) is 0 Å². The van der Waals surface area contributed by atoms with Gasteiger partial charge in [-0.1, -0.05) is 13.8 Å². The summed E-state index contributed by atoms with van der Waals surface area (Å²) in [5, 5.41) is 3.54. The van der Waals surface area contributed by atoms with Gasteiger partial charge in [-0.05, 0) is 12.1 Å². The van der Waals surface area contributed by atoms with Crippen molar-refractivity contribution in [3.8, 4) is 5.75 Å². The Balaban J connectivity index is 1.72. The maximum absolute atomic E-state index is 14.2. The molecule has 0 atom stereocenters. The number of H-pyrrole nitrogens is 1. The number of hydrogen-bond donors (Lipinski definition) is 2. The number of nitrogens with one attached hydrogen (secondary N) is 2. The maximum atomic E-state index is 14.2. The number of nitrogens with zero attached hydrogens (tertiary/aromatic N) is 1. The van der Waals surface area contributed by atoms with E-state index in [1.54, 1.807) is 13.0 Å². The minimum absolute atomic E-state index is 0.0308. The maximum Gasteiger partial charge on any atom is 0.222 e. The van der Waals surface area contributed by atoms with E-state index >= 15 is 0 Å². The van der Waals surface area contributed by atoms with Crippen molar-refractivity contribution >= 4 is 16.8 Å². The van der Waals surface area contributed by atoms with Crippen LogP contribution < -0.4 is 10.1 Å². The van der Waals surface area contributed by atoms with Gasteiger partial charge in [0.05, 0.1) is 6.54 Å². The number of aromatic nitrogens is 2. The number of carbonyl (C=O) groups is 1. The van der Waals surface area contributed by atoms with Crippen LogP contribution in [0, 0.1) is 18.7 Å². The number of oxazole rings is 1. The zero-order chi connectivity index (χ0) is 18.0. The summed E-state index contributed by atoms with van der Waals surface area (Å²) in [4.78, 5) is 18.9. The van der Waals surface area contributed by atoms with Crippen molar-refractivity contribution < 1.29 is 18.3 Å². The van der Waals surface area contributed by atoms with E-state index in [0.29, 0.717) is 18.1 Å². The lowest BCUT2D eigenvalue weighted by atomic mass is 10.2. The molecular weight excluding hydrogens is 325 g/mol. The zero-order valence-electron chi connectivity index (χ0n) is 14.4. The van der Waals surface area contributed by atoms with E-state index in [4.69, 9.17) is 9.15 Å². The van der Waals surface area contributed by atoms with Crippen LogP contribution in [-0.4, -0.2) is 15.9 Å². The second-order valence-electron chi connectivity index (χ2n) is 6.18. The number of rotatable bonds is 6. The quantitative estimate of drug-likeness (QED) is 0.717. The largest absolute Gasteiger partial charge is 0.484 e. The molecule has 132 valence electrons. The predicted molar refractivity (Wildman–Crippen MR) is 90.5 cm³/mol. The summed E-state index contributed by atoms with van der Waals surface area (Å²) in [6.45, 7) is 5.87. The third-order valence-corrected chi connectivity index (χ3v) is 3.75. The number of amides is 1. The van der Waals surface area contributed by atoms with Crippen LogP contribution in [0.15, 0.2) is 28.9 Å². The van der Waals surface area contributed by atoms with Crippen LogP contribution in [0.5, 0.6) is 5.75 Å². The average Bonchev–Trinajstić information content (AvgIpc) is 3.15. The SMILES string of the molecule is Cc1nc(COc2cc3[nH]c(CNC(=O)C(C)C)cc3cc2F)co1.